The number of nitrogens with zero attached hydrogens (tertiary/aromatic N) is 3. The Kier molecular flexibility index (Phi) is 4.47. The molecule has 0 saturated carbocycles. The second kappa shape index (κ2) is 6.70. The van der Waals surface area contributed by atoms with Gasteiger partial charge in [-0.3, -0.25) is 4.79 Å². The van der Waals surface area contributed by atoms with Crippen LogP contribution in [-0.4, -0.2) is 47.5 Å². The molecular weight excluding hydrogens is 299 g/mol. The number of amides is 1. The van der Waals surface area contributed by atoms with Gasteiger partial charge in [-0.25, -0.2) is 9.37 Å². The lowest BCUT2D eigenvalue weighted by molar-refractivity contribution is 0.0695. The van der Waals surface area contributed by atoms with Crippen molar-refractivity contribution in [2.45, 2.75) is 6.04 Å². The van der Waals surface area contributed by atoms with Crippen molar-refractivity contribution in [3.05, 3.63) is 53.6 Å². The minimum Gasteiger partial charge on any atom is -0.467 e. The molecule has 0 spiro atoms. The van der Waals surface area contributed by atoms with Crippen LogP contribution in [0.1, 0.15) is 22.1 Å². The van der Waals surface area contributed by atoms with E-state index in [4.69, 9.17) is 4.74 Å². The van der Waals surface area contributed by atoms with E-state index in [1.54, 1.807) is 23.1 Å². The van der Waals surface area contributed by atoms with Crippen molar-refractivity contribution < 1.29 is 13.9 Å². The summed E-state index contributed by atoms with van der Waals surface area (Å²) in [5, 5.41) is 3.34. The number of piperazine rings is 1. The van der Waals surface area contributed by atoms with Crippen LogP contribution in [0.4, 0.5) is 4.39 Å². The number of hydrogen-bond donors (Lipinski definition) is 1. The lowest BCUT2D eigenvalue weighted by Crippen LogP contribution is -2.48. The van der Waals surface area contributed by atoms with Crippen LogP contribution >= 0.6 is 0 Å². The molecule has 0 aliphatic carbocycles. The van der Waals surface area contributed by atoms with Crippen LogP contribution in [0.5, 0.6) is 6.01 Å². The number of halogens is 1. The molecule has 1 amide bonds. The van der Waals surface area contributed by atoms with Gasteiger partial charge in [-0.2, -0.15) is 4.98 Å². The van der Waals surface area contributed by atoms with E-state index in [0.29, 0.717) is 25.3 Å². The summed E-state index contributed by atoms with van der Waals surface area (Å²) in [6, 6.07) is 8.02. The first-order chi connectivity index (χ1) is 11.2. The second-order valence-electron chi connectivity index (χ2n) is 5.24. The molecule has 1 atom stereocenters. The van der Waals surface area contributed by atoms with Gasteiger partial charge in [-0.15, -0.1) is 0 Å². The molecule has 1 N–H and O–H groups in total. The van der Waals surface area contributed by atoms with Crippen molar-refractivity contribution in [1.82, 2.24) is 20.2 Å². The third kappa shape index (κ3) is 3.45. The summed E-state index contributed by atoms with van der Waals surface area (Å²) in [5.74, 6) is -0.440. The molecule has 1 aliphatic heterocycles. The summed E-state index contributed by atoms with van der Waals surface area (Å²) in [6.45, 7) is 1.75. The zero-order chi connectivity index (χ0) is 16.2. The minimum atomic E-state index is -0.273. The number of hydrogen-bond acceptors (Lipinski definition) is 5. The molecule has 0 radical (unpaired) electrons. The smallest absolute Gasteiger partial charge is 0.316 e. The lowest BCUT2D eigenvalue weighted by atomic mass is 10.0. The molecule has 2 aromatic rings. The maximum atomic E-state index is 13.0. The molecular formula is C16H17FN4O2. The van der Waals surface area contributed by atoms with Crippen LogP contribution in [-0.2, 0) is 0 Å². The van der Waals surface area contributed by atoms with Crippen molar-refractivity contribution in [1.29, 1.82) is 0 Å². The number of carbonyl (C=O) groups excluding carboxylic acids is 1. The molecule has 1 unspecified atom stereocenters. The van der Waals surface area contributed by atoms with Gasteiger partial charge in [0, 0.05) is 31.9 Å². The number of benzene rings is 1. The van der Waals surface area contributed by atoms with Gasteiger partial charge in [-0.1, -0.05) is 12.1 Å². The summed E-state index contributed by atoms with van der Waals surface area (Å²) in [6.07, 6.45) is 1.50. The van der Waals surface area contributed by atoms with Crippen molar-refractivity contribution in [2.75, 3.05) is 26.7 Å². The van der Waals surface area contributed by atoms with E-state index in [1.807, 2.05) is 0 Å². The maximum absolute atomic E-state index is 13.0. The quantitative estimate of drug-likeness (QED) is 0.927. The highest BCUT2D eigenvalue weighted by Gasteiger charge is 2.26. The molecule has 1 saturated heterocycles. The van der Waals surface area contributed by atoms with Gasteiger partial charge < -0.3 is 15.0 Å². The number of methoxy groups -OCH3 is 1. The number of carbonyl (C=O) groups is 1. The van der Waals surface area contributed by atoms with E-state index in [9.17, 15) is 9.18 Å². The number of rotatable bonds is 3. The Labute approximate surface area is 133 Å². The van der Waals surface area contributed by atoms with Crippen molar-refractivity contribution in [3.63, 3.8) is 0 Å². The Morgan fingerprint density at radius 3 is 2.87 bits per heavy atom. The highest BCUT2D eigenvalue weighted by molar-refractivity contribution is 5.92. The lowest BCUT2D eigenvalue weighted by Gasteiger charge is -2.33. The molecule has 3 rings (SSSR count). The van der Waals surface area contributed by atoms with Crippen molar-refractivity contribution in [2.24, 2.45) is 0 Å². The largest absolute Gasteiger partial charge is 0.467 e. The Morgan fingerprint density at radius 1 is 1.35 bits per heavy atom. The summed E-state index contributed by atoms with van der Waals surface area (Å²) in [5.41, 5.74) is 1.25. The first-order valence-corrected chi connectivity index (χ1v) is 7.32. The Balaban J connectivity index is 1.75. The summed E-state index contributed by atoms with van der Waals surface area (Å²) < 4.78 is 18.0. The highest BCUT2D eigenvalue weighted by atomic mass is 19.1. The molecule has 120 valence electrons. The zero-order valence-corrected chi connectivity index (χ0v) is 12.7. The van der Waals surface area contributed by atoms with Crippen molar-refractivity contribution >= 4 is 5.91 Å². The third-order valence-corrected chi connectivity index (χ3v) is 3.77. The van der Waals surface area contributed by atoms with Crippen LogP contribution in [0.2, 0.25) is 0 Å². The van der Waals surface area contributed by atoms with E-state index in [-0.39, 0.29) is 23.8 Å². The summed E-state index contributed by atoms with van der Waals surface area (Å²) >= 11 is 0. The van der Waals surface area contributed by atoms with Gasteiger partial charge in [-0.05, 0) is 23.8 Å². The normalized spacial score (nSPS) is 17.8. The first kappa shape index (κ1) is 15.4. The van der Waals surface area contributed by atoms with E-state index in [2.05, 4.69) is 15.3 Å². The monoisotopic (exact) mass is 316 g/mol. The molecule has 7 heteroatoms. The zero-order valence-electron chi connectivity index (χ0n) is 12.7. The first-order valence-electron chi connectivity index (χ1n) is 7.32. The Hall–Kier alpha value is -2.54. The van der Waals surface area contributed by atoms with Crippen LogP contribution in [0, 0.1) is 5.82 Å². The summed E-state index contributed by atoms with van der Waals surface area (Å²) in [4.78, 5) is 22.3. The van der Waals surface area contributed by atoms with Crippen LogP contribution < -0.4 is 10.1 Å². The van der Waals surface area contributed by atoms with E-state index >= 15 is 0 Å². The maximum Gasteiger partial charge on any atom is 0.316 e. The minimum absolute atomic E-state index is 0.0305. The highest BCUT2D eigenvalue weighted by Crippen LogP contribution is 2.19. The average molecular weight is 316 g/mol. The van der Waals surface area contributed by atoms with Gasteiger partial charge >= 0.3 is 6.01 Å². The molecule has 0 bridgehead atoms. The molecule has 1 aliphatic rings. The number of ether oxygens (including phenoxy) is 1. The SMILES string of the molecule is COc1nccc(C(=O)N2CCNC(c3ccc(F)cc3)C2)n1. The predicted octanol–water partition coefficient (Wildman–Crippen LogP) is 1.41. The fourth-order valence-corrected chi connectivity index (χ4v) is 2.57. The standard InChI is InChI=1S/C16H17FN4O2/c1-23-16-19-7-6-13(20-16)15(22)21-9-8-18-14(10-21)11-2-4-12(17)5-3-11/h2-7,14,18H,8-10H2,1H3. The van der Waals surface area contributed by atoms with Gasteiger partial charge in [0.25, 0.3) is 5.91 Å². The van der Waals surface area contributed by atoms with Crippen LogP contribution in [0.15, 0.2) is 36.5 Å². The predicted molar refractivity (Wildman–Crippen MR) is 81.6 cm³/mol. The van der Waals surface area contributed by atoms with Gasteiger partial charge in [0.05, 0.1) is 7.11 Å². The number of aromatic nitrogens is 2. The van der Waals surface area contributed by atoms with Gasteiger partial charge in [0.2, 0.25) is 0 Å². The molecule has 1 aromatic carbocycles. The van der Waals surface area contributed by atoms with Crippen LogP contribution in [0.25, 0.3) is 0 Å². The topological polar surface area (TPSA) is 67.3 Å². The number of nitrogens with one attached hydrogen (secondary N) is 1. The van der Waals surface area contributed by atoms with Crippen molar-refractivity contribution in [3.8, 4) is 6.01 Å². The van der Waals surface area contributed by atoms with E-state index in [1.165, 1.54) is 25.4 Å². The Bertz CT molecular complexity index is 693. The average Bonchev–Trinajstić information content (AvgIpc) is 2.62. The van der Waals surface area contributed by atoms with Gasteiger partial charge in [0.15, 0.2) is 0 Å². The molecule has 6 nitrogen and oxygen atoms in total. The Morgan fingerprint density at radius 2 is 2.13 bits per heavy atom. The second-order valence-corrected chi connectivity index (χ2v) is 5.24. The third-order valence-electron chi connectivity index (χ3n) is 3.77. The fourth-order valence-electron chi connectivity index (χ4n) is 2.57. The molecule has 1 fully saturated rings. The molecule has 1 aromatic heterocycles. The van der Waals surface area contributed by atoms with E-state index in [0.717, 1.165) is 5.56 Å². The van der Waals surface area contributed by atoms with E-state index < -0.39 is 0 Å². The fraction of sp³-hybridized carbons (Fsp3) is 0.312. The van der Waals surface area contributed by atoms with Crippen LogP contribution in [0.3, 0.4) is 0 Å². The molecule has 23 heavy (non-hydrogen) atoms. The van der Waals surface area contributed by atoms with Gasteiger partial charge in [0.1, 0.15) is 11.5 Å². The summed E-state index contributed by atoms with van der Waals surface area (Å²) in [7, 11) is 1.46. The molecule has 2 heterocycles.